The maximum atomic E-state index is 12.2. The Balaban J connectivity index is 1.68. The first-order valence-electron chi connectivity index (χ1n) is 7.51. The van der Waals surface area contributed by atoms with Gasteiger partial charge in [-0.25, -0.2) is 0 Å². The van der Waals surface area contributed by atoms with E-state index in [1.807, 2.05) is 27.2 Å². The minimum Gasteiger partial charge on any atom is -0.379 e. The van der Waals surface area contributed by atoms with Crippen molar-refractivity contribution in [3.63, 3.8) is 0 Å². The molecule has 2 atom stereocenters. The van der Waals surface area contributed by atoms with Crippen LogP contribution in [0.3, 0.4) is 0 Å². The van der Waals surface area contributed by atoms with Crippen molar-refractivity contribution in [2.45, 2.75) is 19.4 Å². The number of aromatic nitrogens is 2. The highest BCUT2D eigenvalue weighted by molar-refractivity contribution is 5.83. The molecule has 22 heavy (non-hydrogen) atoms. The van der Waals surface area contributed by atoms with Gasteiger partial charge in [0.15, 0.2) is 0 Å². The van der Waals surface area contributed by atoms with Gasteiger partial charge in [0, 0.05) is 44.7 Å². The molecule has 0 unspecified atom stereocenters. The summed E-state index contributed by atoms with van der Waals surface area (Å²) in [6, 6.07) is -0.0352. The average Bonchev–Trinajstić information content (AvgIpc) is 2.98. The van der Waals surface area contributed by atoms with Gasteiger partial charge in [-0.15, -0.1) is 0 Å². The normalized spacial score (nSPS) is 26.9. The van der Waals surface area contributed by atoms with Crippen LogP contribution in [-0.4, -0.2) is 53.3 Å². The molecule has 1 N–H and O–H groups in total. The number of likely N-dealkylation sites (tertiary alicyclic amines) is 1. The standard InChI is InChI=1S/C15H22N4O3/c1-15(8-22-9-15)14(21)16-5-10-4-12(20)19(3)13(10)11-6-17-18(2)7-11/h6-7,10,13H,4-5,8-9H2,1-3H3,(H,16,21)/t10-,13+/m0/s1. The Labute approximate surface area is 129 Å². The Hall–Kier alpha value is -1.89. The second-order valence-electron chi connectivity index (χ2n) is 6.62. The number of rotatable bonds is 4. The van der Waals surface area contributed by atoms with E-state index in [4.69, 9.17) is 4.74 Å². The van der Waals surface area contributed by atoms with Gasteiger partial charge in [-0.1, -0.05) is 0 Å². The molecule has 2 amide bonds. The number of aryl methyl sites for hydroxylation is 1. The van der Waals surface area contributed by atoms with Crippen LogP contribution in [0.5, 0.6) is 0 Å². The molecule has 7 nitrogen and oxygen atoms in total. The van der Waals surface area contributed by atoms with Gasteiger partial charge in [0.25, 0.3) is 0 Å². The first-order valence-corrected chi connectivity index (χ1v) is 7.51. The molecule has 3 heterocycles. The summed E-state index contributed by atoms with van der Waals surface area (Å²) in [7, 11) is 3.66. The number of carbonyl (C=O) groups is 2. The Morgan fingerprint density at radius 1 is 1.50 bits per heavy atom. The number of amides is 2. The van der Waals surface area contributed by atoms with E-state index in [2.05, 4.69) is 10.4 Å². The zero-order valence-electron chi connectivity index (χ0n) is 13.2. The van der Waals surface area contributed by atoms with Gasteiger partial charge in [0.2, 0.25) is 11.8 Å². The lowest BCUT2D eigenvalue weighted by molar-refractivity contribution is -0.157. The number of carbonyl (C=O) groups excluding carboxylic acids is 2. The summed E-state index contributed by atoms with van der Waals surface area (Å²) < 4.78 is 6.85. The zero-order valence-corrected chi connectivity index (χ0v) is 13.2. The molecule has 2 aliphatic rings. The lowest BCUT2D eigenvalue weighted by atomic mass is 9.87. The fourth-order valence-corrected chi connectivity index (χ4v) is 3.20. The van der Waals surface area contributed by atoms with Crippen LogP contribution < -0.4 is 5.32 Å². The Bertz CT molecular complexity index is 593. The fraction of sp³-hybridized carbons (Fsp3) is 0.667. The third-order valence-corrected chi connectivity index (χ3v) is 4.67. The lowest BCUT2D eigenvalue weighted by Crippen LogP contribution is -2.52. The molecule has 0 saturated carbocycles. The molecule has 0 aromatic carbocycles. The monoisotopic (exact) mass is 306 g/mol. The van der Waals surface area contributed by atoms with Gasteiger partial charge in [0.05, 0.1) is 30.9 Å². The van der Waals surface area contributed by atoms with E-state index >= 15 is 0 Å². The minimum atomic E-state index is -0.418. The second-order valence-corrected chi connectivity index (χ2v) is 6.62. The summed E-state index contributed by atoms with van der Waals surface area (Å²) in [5.74, 6) is 0.173. The summed E-state index contributed by atoms with van der Waals surface area (Å²) in [5, 5.41) is 7.18. The highest BCUT2D eigenvalue weighted by Gasteiger charge is 2.43. The molecule has 120 valence electrons. The SMILES string of the molecule is CN1C(=O)C[C@@H](CNC(=O)C2(C)COC2)[C@@H]1c1cnn(C)c1. The van der Waals surface area contributed by atoms with Crippen LogP contribution in [0.2, 0.25) is 0 Å². The smallest absolute Gasteiger partial charge is 0.230 e. The number of hydrogen-bond donors (Lipinski definition) is 1. The van der Waals surface area contributed by atoms with Gasteiger partial charge in [-0.05, 0) is 6.92 Å². The summed E-state index contributed by atoms with van der Waals surface area (Å²) in [4.78, 5) is 26.0. The average molecular weight is 306 g/mol. The van der Waals surface area contributed by atoms with Crippen molar-refractivity contribution in [1.82, 2.24) is 20.0 Å². The van der Waals surface area contributed by atoms with Crippen LogP contribution in [0.1, 0.15) is 24.9 Å². The molecular formula is C15H22N4O3. The van der Waals surface area contributed by atoms with Crippen molar-refractivity contribution >= 4 is 11.8 Å². The van der Waals surface area contributed by atoms with E-state index in [9.17, 15) is 9.59 Å². The van der Waals surface area contributed by atoms with Crippen LogP contribution in [0.25, 0.3) is 0 Å². The number of ether oxygens (including phenoxy) is 1. The van der Waals surface area contributed by atoms with Crippen molar-refractivity contribution in [3.05, 3.63) is 18.0 Å². The van der Waals surface area contributed by atoms with E-state index in [0.29, 0.717) is 26.2 Å². The van der Waals surface area contributed by atoms with Crippen molar-refractivity contribution < 1.29 is 14.3 Å². The van der Waals surface area contributed by atoms with Crippen LogP contribution in [-0.2, 0) is 21.4 Å². The largest absolute Gasteiger partial charge is 0.379 e. The Morgan fingerprint density at radius 3 is 2.77 bits per heavy atom. The summed E-state index contributed by atoms with van der Waals surface area (Å²) in [5.41, 5.74) is 0.589. The fourth-order valence-electron chi connectivity index (χ4n) is 3.20. The van der Waals surface area contributed by atoms with E-state index in [-0.39, 0.29) is 23.8 Å². The quantitative estimate of drug-likeness (QED) is 0.855. The van der Waals surface area contributed by atoms with Crippen molar-refractivity contribution in [2.24, 2.45) is 18.4 Å². The molecule has 2 fully saturated rings. The van der Waals surface area contributed by atoms with Crippen molar-refractivity contribution in [1.29, 1.82) is 0 Å². The molecule has 3 rings (SSSR count). The van der Waals surface area contributed by atoms with Crippen molar-refractivity contribution in [3.8, 4) is 0 Å². The second kappa shape index (κ2) is 5.39. The molecule has 7 heteroatoms. The Morgan fingerprint density at radius 2 is 2.23 bits per heavy atom. The highest BCUT2D eigenvalue weighted by Crippen LogP contribution is 2.36. The third-order valence-electron chi connectivity index (χ3n) is 4.67. The molecule has 1 aromatic heterocycles. The maximum absolute atomic E-state index is 12.2. The molecule has 2 saturated heterocycles. The number of nitrogens with zero attached hydrogens (tertiary/aromatic N) is 3. The molecule has 0 spiro atoms. The van der Waals surface area contributed by atoms with Gasteiger partial charge >= 0.3 is 0 Å². The molecule has 1 aromatic rings. The highest BCUT2D eigenvalue weighted by atomic mass is 16.5. The predicted molar refractivity (Wildman–Crippen MR) is 78.8 cm³/mol. The topological polar surface area (TPSA) is 76.5 Å². The lowest BCUT2D eigenvalue weighted by Gasteiger charge is -2.36. The first-order chi connectivity index (χ1) is 10.4. The first kappa shape index (κ1) is 15.0. The van der Waals surface area contributed by atoms with Crippen molar-refractivity contribution in [2.75, 3.05) is 26.8 Å². The van der Waals surface area contributed by atoms with Crippen LogP contribution >= 0.6 is 0 Å². The van der Waals surface area contributed by atoms with E-state index in [1.54, 1.807) is 15.8 Å². The van der Waals surface area contributed by atoms with Gasteiger partial charge in [-0.3, -0.25) is 14.3 Å². The maximum Gasteiger partial charge on any atom is 0.230 e. The third kappa shape index (κ3) is 2.49. The zero-order chi connectivity index (χ0) is 15.9. The van der Waals surface area contributed by atoms with Crippen LogP contribution in [0.4, 0.5) is 0 Å². The summed E-state index contributed by atoms with van der Waals surface area (Å²) in [6.45, 7) is 3.32. The van der Waals surface area contributed by atoms with Gasteiger partial charge in [-0.2, -0.15) is 5.10 Å². The van der Waals surface area contributed by atoms with Crippen LogP contribution in [0.15, 0.2) is 12.4 Å². The van der Waals surface area contributed by atoms with Gasteiger partial charge < -0.3 is 15.0 Å². The van der Waals surface area contributed by atoms with E-state index in [0.717, 1.165) is 5.56 Å². The molecule has 2 aliphatic heterocycles. The molecule has 0 bridgehead atoms. The van der Waals surface area contributed by atoms with Gasteiger partial charge in [0.1, 0.15) is 0 Å². The molecular weight excluding hydrogens is 284 g/mol. The minimum absolute atomic E-state index is 0.00527. The number of nitrogens with one attached hydrogen (secondary N) is 1. The summed E-state index contributed by atoms with van der Waals surface area (Å²) >= 11 is 0. The molecule has 0 radical (unpaired) electrons. The predicted octanol–water partition coefficient (Wildman–Crippen LogP) is 0.0922. The summed E-state index contributed by atoms with van der Waals surface area (Å²) in [6.07, 6.45) is 4.16. The van der Waals surface area contributed by atoms with Crippen LogP contribution in [0, 0.1) is 11.3 Å². The Kier molecular flexibility index (Phi) is 3.68. The van der Waals surface area contributed by atoms with E-state index in [1.165, 1.54) is 0 Å². The van der Waals surface area contributed by atoms with E-state index < -0.39 is 5.41 Å². The molecule has 0 aliphatic carbocycles. The number of hydrogen-bond acceptors (Lipinski definition) is 4.